The fourth-order valence-electron chi connectivity index (χ4n) is 3.48. The van der Waals surface area contributed by atoms with Crippen molar-refractivity contribution in [2.24, 2.45) is 0 Å². The number of nitrogens with one attached hydrogen (secondary N) is 1. The molecule has 2 heterocycles. The van der Waals surface area contributed by atoms with Gasteiger partial charge in [0.25, 0.3) is 5.91 Å². The Morgan fingerprint density at radius 3 is 2.62 bits per heavy atom. The molecule has 0 aromatic heterocycles. The van der Waals surface area contributed by atoms with Gasteiger partial charge in [-0.15, -0.1) is 0 Å². The molecule has 0 unspecified atom stereocenters. The van der Waals surface area contributed by atoms with Gasteiger partial charge in [0.15, 0.2) is 6.04 Å². The number of sulfonamides is 1. The molecule has 8 heteroatoms. The lowest BCUT2D eigenvalue weighted by Gasteiger charge is -2.35. The van der Waals surface area contributed by atoms with Gasteiger partial charge in [-0.1, -0.05) is 36.9 Å². The minimum absolute atomic E-state index is 0.0693. The van der Waals surface area contributed by atoms with E-state index >= 15 is 0 Å². The summed E-state index contributed by atoms with van der Waals surface area (Å²) in [5.41, 5.74) is 0. The first kappa shape index (κ1) is 19.7. The molecule has 1 spiro atoms. The zero-order chi connectivity index (χ0) is 18.8. The van der Waals surface area contributed by atoms with Crippen LogP contribution < -0.4 is 10.6 Å². The van der Waals surface area contributed by atoms with Crippen LogP contribution in [-0.2, 0) is 14.8 Å². The van der Waals surface area contributed by atoms with E-state index in [9.17, 15) is 13.2 Å². The van der Waals surface area contributed by atoms with E-state index < -0.39 is 10.0 Å². The molecular weight excluding hydrogens is 370 g/mol. The number of nitrogens with two attached hydrogens (primary N) is 1. The molecule has 2 atom stereocenters. The fourth-order valence-corrected chi connectivity index (χ4v) is 6.43. The minimum atomic E-state index is -3.43. The third kappa shape index (κ3) is 4.08. The Bertz CT molecular complexity index is 731. The average molecular weight is 399 g/mol. The Morgan fingerprint density at radius 1 is 1.35 bits per heavy atom. The largest absolute Gasteiger partial charge is 0.348 e. The number of carbonyl (C=O) groups is 1. The van der Waals surface area contributed by atoms with Crippen molar-refractivity contribution in [2.45, 2.75) is 55.0 Å². The highest BCUT2D eigenvalue weighted by molar-refractivity contribution is 8.00. The third-order valence-corrected chi connectivity index (χ3v) is 8.90. The predicted molar refractivity (Wildman–Crippen MR) is 103 cm³/mol. The highest BCUT2D eigenvalue weighted by Gasteiger charge is 2.49. The summed E-state index contributed by atoms with van der Waals surface area (Å²) in [6.07, 6.45) is 2.44. The topological polar surface area (TPSA) is 83.1 Å². The van der Waals surface area contributed by atoms with E-state index in [4.69, 9.17) is 0 Å². The number of quaternary nitrogens is 1. The average Bonchev–Trinajstić information content (AvgIpc) is 3.06. The fraction of sp³-hybridized carbons (Fsp3) is 0.611. The van der Waals surface area contributed by atoms with Gasteiger partial charge in [0.2, 0.25) is 10.0 Å². The predicted octanol–water partition coefficient (Wildman–Crippen LogP) is 0.761. The van der Waals surface area contributed by atoms with Gasteiger partial charge in [-0.3, -0.25) is 4.79 Å². The maximum Gasteiger partial charge on any atom is 0.279 e. The molecule has 0 radical (unpaired) electrons. The van der Waals surface area contributed by atoms with E-state index in [1.807, 2.05) is 24.8 Å². The number of benzene rings is 1. The van der Waals surface area contributed by atoms with Gasteiger partial charge in [-0.05, 0) is 25.5 Å². The van der Waals surface area contributed by atoms with Crippen LogP contribution in [0, 0.1) is 0 Å². The molecule has 2 aliphatic heterocycles. The van der Waals surface area contributed by atoms with Crippen LogP contribution in [0.1, 0.15) is 33.1 Å². The molecule has 2 fully saturated rings. The molecule has 2 saturated heterocycles. The first-order valence-corrected chi connectivity index (χ1v) is 11.6. The number of hydrogen-bond donors (Lipinski definition) is 2. The molecule has 0 aliphatic carbocycles. The number of carbonyl (C=O) groups excluding carboxylic acids is 1. The van der Waals surface area contributed by atoms with E-state index in [0.717, 1.165) is 25.0 Å². The molecule has 144 valence electrons. The summed E-state index contributed by atoms with van der Waals surface area (Å²) in [6, 6.07) is 8.72. The summed E-state index contributed by atoms with van der Waals surface area (Å²) in [5.74, 6) is 0.885. The highest BCUT2D eigenvalue weighted by Crippen LogP contribution is 2.35. The van der Waals surface area contributed by atoms with Gasteiger partial charge in [-0.25, -0.2) is 8.42 Å². The maximum atomic E-state index is 12.8. The number of rotatable bonds is 5. The van der Waals surface area contributed by atoms with E-state index in [1.165, 1.54) is 0 Å². The Hall–Kier alpha value is -1.09. The van der Waals surface area contributed by atoms with E-state index in [2.05, 4.69) is 17.6 Å². The van der Waals surface area contributed by atoms with Crippen LogP contribution in [0.5, 0.6) is 0 Å². The number of thioether (sulfide) groups is 1. The molecule has 1 amide bonds. The van der Waals surface area contributed by atoms with Gasteiger partial charge < -0.3 is 10.6 Å². The van der Waals surface area contributed by atoms with Crippen LogP contribution >= 0.6 is 11.8 Å². The summed E-state index contributed by atoms with van der Waals surface area (Å²) in [6.45, 7) is 5.08. The van der Waals surface area contributed by atoms with Crippen molar-refractivity contribution in [1.82, 2.24) is 9.62 Å². The Morgan fingerprint density at radius 2 is 2.00 bits per heavy atom. The smallest absolute Gasteiger partial charge is 0.279 e. The molecule has 1 aromatic carbocycles. The molecule has 0 bridgehead atoms. The van der Waals surface area contributed by atoms with Crippen LogP contribution in [-0.4, -0.2) is 54.4 Å². The summed E-state index contributed by atoms with van der Waals surface area (Å²) in [4.78, 5) is 12.7. The number of nitrogens with zero attached hydrogens (tertiary/aromatic N) is 1. The quantitative estimate of drug-likeness (QED) is 0.767. The molecule has 2 aliphatic rings. The second kappa shape index (κ2) is 7.88. The van der Waals surface area contributed by atoms with Gasteiger partial charge in [0, 0.05) is 32.0 Å². The standard InChI is InChI=1S/C18H27N3O3S2/c1-3-14(2)19-17(22)16-13-25-18(20-16)9-11-21(12-10-18)26(23,24)15-7-5-4-6-8-15/h4-8,14,16,20H,3,9-13H2,1-2H3,(H,19,22)/p+1/t14-,16+/m0/s1. The Balaban J connectivity index is 1.60. The molecular formula is C18H28N3O3S2+. The third-order valence-electron chi connectivity index (χ3n) is 5.34. The van der Waals surface area contributed by atoms with Crippen LogP contribution in [0.3, 0.4) is 0 Å². The van der Waals surface area contributed by atoms with Crippen LogP contribution in [0.2, 0.25) is 0 Å². The Kier molecular flexibility index (Phi) is 5.96. The van der Waals surface area contributed by atoms with Gasteiger partial charge in [-0.2, -0.15) is 4.31 Å². The monoisotopic (exact) mass is 398 g/mol. The SMILES string of the molecule is CC[C@H](C)NC(=O)[C@H]1CSC2(CCN(S(=O)(=O)c3ccccc3)CC2)[NH2+]1. The zero-order valence-corrected chi connectivity index (χ0v) is 17.0. The van der Waals surface area contributed by atoms with Crippen molar-refractivity contribution < 1.29 is 18.5 Å². The van der Waals surface area contributed by atoms with Gasteiger partial charge in [0.1, 0.15) is 4.87 Å². The summed E-state index contributed by atoms with van der Waals surface area (Å²) in [7, 11) is -3.43. The summed E-state index contributed by atoms with van der Waals surface area (Å²) < 4.78 is 27.1. The number of hydrogen-bond acceptors (Lipinski definition) is 4. The lowest BCUT2D eigenvalue weighted by atomic mass is 10.0. The van der Waals surface area contributed by atoms with E-state index in [-0.39, 0.29) is 22.9 Å². The van der Waals surface area contributed by atoms with Crippen molar-refractivity contribution in [2.75, 3.05) is 18.8 Å². The highest BCUT2D eigenvalue weighted by atomic mass is 32.2. The summed E-state index contributed by atoms with van der Waals surface area (Å²) in [5, 5.41) is 5.23. The van der Waals surface area contributed by atoms with Gasteiger partial charge in [0.05, 0.1) is 10.6 Å². The maximum absolute atomic E-state index is 12.8. The molecule has 26 heavy (non-hydrogen) atoms. The molecule has 3 N–H and O–H groups in total. The van der Waals surface area contributed by atoms with Crippen LogP contribution in [0.15, 0.2) is 35.2 Å². The van der Waals surface area contributed by atoms with E-state index in [0.29, 0.717) is 18.0 Å². The molecule has 6 nitrogen and oxygen atoms in total. The minimum Gasteiger partial charge on any atom is -0.348 e. The molecule has 3 rings (SSSR count). The first-order chi connectivity index (χ1) is 12.4. The molecule has 1 aromatic rings. The lowest BCUT2D eigenvalue weighted by Crippen LogP contribution is -3.00. The van der Waals surface area contributed by atoms with Crippen molar-refractivity contribution >= 4 is 27.7 Å². The van der Waals surface area contributed by atoms with Crippen molar-refractivity contribution in [1.29, 1.82) is 0 Å². The normalized spacial score (nSPS) is 24.5. The van der Waals surface area contributed by atoms with Crippen LogP contribution in [0.4, 0.5) is 0 Å². The molecule has 0 saturated carbocycles. The lowest BCUT2D eigenvalue weighted by molar-refractivity contribution is -0.714. The Labute approximate surface area is 160 Å². The zero-order valence-electron chi connectivity index (χ0n) is 15.3. The summed E-state index contributed by atoms with van der Waals surface area (Å²) >= 11 is 1.81. The second-order valence-electron chi connectivity index (χ2n) is 7.18. The van der Waals surface area contributed by atoms with Crippen molar-refractivity contribution in [3.05, 3.63) is 30.3 Å². The number of piperidine rings is 1. The van der Waals surface area contributed by atoms with Gasteiger partial charge >= 0.3 is 0 Å². The van der Waals surface area contributed by atoms with Crippen molar-refractivity contribution in [3.8, 4) is 0 Å². The van der Waals surface area contributed by atoms with Crippen LogP contribution in [0.25, 0.3) is 0 Å². The number of amides is 1. The second-order valence-corrected chi connectivity index (χ2v) is 10.6. The first-order valence-electron chi connectivity index (χ1n) is 9.22. The van der Waals surface area contributed by atoms with E-state index in [1.54, 1.807) is 28.6 Å². The van der Waals surface area contributed by atoms with Crippen molar-refractivity contribution in [3.63, 3.8) is 0 Å².